The maximum atomic E-state index is 13.6. The molecule has 2 aromatic heterocycles. The molecule has 0 saturated carbocycles. The number of hydrogen-bond donors (Lipinski definition) is 1. The quantitative estimate of drug-likeness (QED) is 0.609. The number of amides is 1. The molecule has 25 heavy (non-hydrogen) atoms. The Balaban J connectivity index is 1.60. The molecule has 6 nitrogen and oxygen atoms in total. The summed E-state index contributed by atoms with van der Waals surface area (Å²) in [5, 5.41) is 10.4. The molecule has 8 heteroatoms. The molecular formula is C17H9F2N3O3. The number of nitrogens with zero attached hydrogens (tertiary/aromatic N) is 2. The Morgan fingerprint density at radius 2 is 1.72 bits per heavy atom. The lowest BCUT2D eigenvalue weighted by molar-refractivity contribution is 0.101. The summed E-state index contributed by atoms with van der Waals surface area (Å²) in [7, 11) is 0. The number of aromatic nitrogens is 2. The summed E-state index contributed by atoms with van der Waals surface area (Å²) in [5.41, 5.74) is -0.0966. The number of carbonyl (C=O) groups is 1. The van der Waals surface area contributed by atoms with E-state index in [9.17, 15) is 13.6 Å². The first-order valence-electron chi connectivity index (χ1n) is 7.19. The predicted octanol–water partition coefficient (Wildman–Crippen LogP) is 4.01. The Bertz CT molecular complexity index is 1030. The Morgan fingerprint density at radius 3 is 2.48 bits per heavy atom. The number of nitrogens with one attached hydrogen (secondary N) is 1. The SMILES string of the molecule is O=C(Nc1nnc(-c2cc3ccccc3o2)o1)c1c(F)cccc1F. The zero-order valence-corrected chi connectivity index (χ0v) is 12.5. The fourth-order valence-corrected chi connectivity index (χ4v) is 2.33. The third-order valence-corrected chi connectivity index (χ3v) is 3.47. The number of anilines is 1. The second-order valence-electron chi connectivity index (χ2n) is 5.11. The van der Waals surface area contributed by atoms with Crippen LogP contribution in [0.25, 0.3) is 22.6 Å². The summed E-state index contributed by atoms with van der Waals surface area (Å²) in [5.74, 6) is -2.67. The minimum atomic E-state index is -1.03. The van der Waals surface area contributed by atoms with Crippen LogP contribution in [0.15, 0.2) is 57.4 Å². The van der Waals surface area contributed by atoms with Crippen molar-refractivity contribution in [1.29, 1.82) is 0 Å². The molecule has 0 aliphatic heterocycles. The van der Waals surface area contributed by atoms with Crippen LogP contribution >= 0.6 is 0 Å². The van der Waals surface area contributed by atoms with Crippen LogP contribution in [0.1, 0.15) is 10.4 Å². The topological polar surface area (TPSA) is 81.2 Å². The van der Waals surface area contributed by atoms with E-state index in [-0.39, 0.29) is 11.9 Å². The predicted molar refractivity (Wildman–Crippen MR) is 83.8 cm³/mol. The maximum absolute atomic E-state index is 13.6. The summed E-state index contributed by atoms with van der Waals surface area (Å²) in [6.07, 6.45) is 0. The number of para-hydroxylation sites is 1. The standard InChI is InChI=1S/C17H9F2N3O3/c18-10-5-3-6-11(19)14(10)15(23)20-17-22-21-16(25-17)13-8-9-4-1-2-7-12(9)24-13/h1-8H,(H,20,22,23). The molecule has 4 rings (SSSR count). The molecule has 0 unspecified atom stereocenters. The average molecular weight is 341 g/mol. The van der Waals surface area contributed by atoms with Crippen LogP contribution in [-0.2, 0) is 0 Å². The third kappa shape index (κ3) is 2.74. The number of furan rings is 1. The highest BCUT2D eigenvalue weighted by atomic mass is 19.1. The Labute approximate surface area is 139 Å². The summed E-state index contributed by atoms with van der Waals surface area (Å²) >= 11 is 0. The number of halogens is 2. The number of hydrogen-bond acceptors (Lipinski definition) is 5. The number of fused-ring (bicyclic) bond motifs is 1. The first-order valence-corrected chi connectivity index (χ1v) is 7.19. The highest BCUT2D eigenvalue weighted by molar-refractivity contribution is 6.03. The van der Waals surface area contributed by atoms with Gasteiger partial charge in [-0.25, -0.2) is 8.78 Å². The van der Waals surface area contributed by atoms with E-state index >= 15 is 0 Å². The minimum absolute atomic E-state index is 0.0282. The zero-order valence-electron chi connectivity index (χ0n) is 12.5. The van der Waals surface area contributed by atoms with Gasteiger partial charge in [0.2, 0.25) is 0 Å². The molecule has 0 bridgehead atoms. The number of carbonyl (C=O) groups excluding carboxylic acids is 1. The van der Waals surface area contributed by atoms with E-state index in [1.54, 1.807) is 12.1 Å². The van der Waals surface area contributed by atoms with E-state index in [1.807, 2.05) is 18.2 Å². The van der Waals surface area contributed by atoms with Gasteiger partial charge in [0.15, 0.2) is 5.76 Å². The highest BCUT2D eigenvalue weighted by Gasteiger charge is 2.20. The van der Waals surface area contributed by atoms with Crippen molar-refractivity contribution in [1.82, 2.24) is 10.2 Å². The minimum Gasteiger partial charge on any atom is -0.451 e. The van der Waals surface area contributed by atoms with Crippen molar-refractivity contribution in [2.75, 3.05) is 5.32 Å². The van der Waals surface area contributed by atoms with Crippen LogP contribution in [0.2, 0.25) is 0 Å². The lowest BCUT2D eigenvalue weighted by Gasteiger charge is -2.03. The smallest absolute Gasteiger partial charge is 0.322 e. The lowest BCUT2D eigenvalue weighted by atomic mass is 10.2. The van der Waals surface area contributed by atoms with Gasteiger partial charge in [-0.05, 0) is 24.3 Å². The first-order chi connectivity index (χ1) is 12.1. The van der Waals surface area contributed by atoms with Crippen LogP contribution in [0, 0.1) is 11.6 Å². The van der Waals surface area contributed by atoms with E-state index in [1.165, 1.54) is 0 Å². The molecule has 0 aliphatic rings. The largest absolute Gasteiger partial charge is 0.451 e. The summed E-state index contributed by atoms with van der Waals surface area (Å²) in [6.45, 7) is 0. The summed E-state index contributed by atoms with van der Waals surface area (Å²) in [6, 6.07) is 11.8. The van der Waals surface area contributed by atoms with E-state index in [0.29, 0.717) is 11.3 Å². The maximum Gasteiger partial charge on any atom is 0.322 e. The second kappa shape index (κ2) is 5.82. The van der Waals surface area contributed by atoms with Gasteiger partial charge >= 0.3 is 6.01 Å². The van der Waals surface area contributed by atoms with Crippen molar-refractivity contribution in [3.8, 4) is 11.7 Å². The molecule has 0 saturated heterocycles. The Hall–Kier alpha value is -3.55. The molecule has 2 heterocycles. The molecule has 0 aliphatic carbocycles. The van der Waals surface area contributed by atoms with Crippen molar-refractivity contribution in [3.05, 3.63) is 65.7 Å². The zero-order chi connectivity index (χ0) is 17.4. The summed E-state index contributed by atoms with van der Waals surface area (Å²) in [4.78, 5) is 12.0. The van der Waals surface area contributed by atoms with Gasteiger partial charge in [0.25, 0.3) is 11.8 Å². The van der Waals surface area contributed by atoms with Crippen LogP contribution in [0.5, 0.6) is 0 Å². The van der Waals surface area contributed by atoms with E-state index in [4.69, 9.17) is 8.83 Å². The van der Waals surface area contributed by atoms with Gasteiger partial charge < -0.3 is 8.83 Å². The van der Waals surface area contributed by atoms with E-state index in [2.05, 4.69) is 15.5 Å². The molecular weight excluding hydrogens is 332 g/mol. The van der Waals surface area contributed by atoms with Crippen molar-refractivity contribution in [2.45, 2.75) is 0 Å². The van der Waals surface area contributed by atoms with Gasteiger partial charge in [-0.3, -0.25) is 10.1 Å². The molecule has 124 valence electrons. The van der Waals surface area contributed by atoms with E-state index < -0.39 is 23.1 Å². The van der Waals surface area contributed by atoms with Crippen molar-refractivity contribution in [3.63, 3.8) is 0 Å². The molecule has 2 aromatic carbocycles. The van der Waals surface area contributed by atoms with Crippen molar-refractivity contribution >= 4 is 22.9 Å². The van der Waals surface area contributed by atoms with Crippen LogP contribution in [-0.4, -0.2) is 16.1 Å². The van der Waals surface area contributed by atoms with Crippen molar-refractivity contribution < 1.29 is 22.4 Å². The highest BCUT2D eigenvalue weighted by Crippen LogP contribution is 2.27. The fraction of sp³-hybridized carbons (Fsp3) is 0. The Morgan fingerprint density at radius 1 is 0.960 bits per heavy atom. The Kier molecular flexibility index (Phi) is 3.50. The van der Waals surface area contributed by atoms with Gasteiger partial charge in [0.05, 0.1) is 0 Å². The normalized spacial score (nSPS) is 11.0. The van der Waals surface area contributed by atoms with Gasteiger partial charge in [0.1, 0.15) is 22.8 Å². The lowest BCUT2D eigenvalue weighted by Crippen LogP contribution is -2.16. The third-order valence-electron chi connectivity index (χ3n) is 3.47. The molecule has 1 amide bonds. The van der Waals surface area contributed by atoms with Gasteiger partial charge in [-0.15, -0.1) is 5.10 Å². The van der Waals surface area contributed by atoms with Crippen LogP contribution in [0.4, 0.5) is 14.8 Å². The van der Waals surface area contributed by atoms with Crippen molar-refractivity contribution in [2.24, 2.45) is 0 Å². The molecule has 4 aromatic rings. The average Bonchev–Trinajstić information content (AvgIpc) is 3.20. The summed E-state index contributed by atoms with van der Waals surface area (Å²) < 4.78 is 38.1. The van der Waals surface area contributed by atoms with Crippen LogP contribution in [0.3, 0.4) is 0 Å². The van der Waals surface area contributed by atoms with Gasteiger partial charge in [0, 0.05) is 5.39 Å². The second-order valence-corrected chi connectivity index (χ2v) is 5.11. The number of benzene rings is 2. The molecule has 0 atom stereocenters. The molecule has 0 spiro atoms. The number of rotatable bonds is 3. The molecule has 0 fully saturated rings. The first kappa shape index (κ1) is 15.0. The molecule has 1 N–H and O–H groups in total. The van der Waals surface area contributed by atoms with Gasteiger partial charge in [-0.2, -0.15) is 0 Å². The van der Waals surface area contributed by atoms with Crippen LogP contribution < -0.4 is 5.32 Å². The van der Waals surface area contributed by atoms with Gasteiger partial charge in [-0.1, -0.05) is 29.4 Å². The van der Waals surface area contributed by atoms with E-state index in [0.717, 1.165) is 23.6 Å². The monoisotopic (exact) mass is 341 g/mol. The molecule has 0 radical (unpaired) electrons. The fourth-order valence-electron chi connectivity index (χ4n) is 2.33.